The minimum Gasteiger partial charge on any atom is -0.399 e. The van der Waals surface area contributed by atoms with Gasteiger partial charge in [-0.05, 0) is 51.1 Å². The molecule has 3 rings (SSSR count). The molecule has 2 heterocycles. The van der Waals surface area contributed by atoms with Crippen molar-refractivity contribution in [1.29, 1.82) is 0 Å². The zero-order chi connectivity index (χ0) is 16.2. The van der Waals surface area contributed by atoms with Crippen LogP contribution in [0.2, 0.25) is 0 Å². The molecule has 0 saturated carbocycles. The van der Waals surface area contributed by atoms with E-state index in [9.17, 15) is 0 Å². The second-order valence-electron chi connectivity index (χ2n) is 5.63. The van der Waals surface area contributed by atoms with Gasteiger partial charge in [0.15, 0.2) is 0 Å². The van der Waals surface area contributed by atoms with Crippen LogP contribution < -0.4 is 5.73 Å². The van der Waals surface area contributed by atoms with Crippen LogP contribution in [-0.2, 0) is 4.74 Å². The Balaban J connectivity index is 1.85. The van der Waals surface area contributed by atoms with Crippen molar-refractivity contribution in [3.63, 3.8) is 0 Å². The Kier molecular flexibility index (Phi) is 4.52. The Bertz CT molecular complexity index is 728. The average molecular weight is 311 g/mol. The fraction of sp³-hybridized carbons (Fsp3) is 0.353. The molecule has 0 radical (unpaired) electrons. The molecule has 2 N–H and O–H groups in total. The minimum atomic E-state index is 0.0306. The van der Waals surface area contributed by atoms with E-state index in [1.54, 1.807) is 12.1 Å². The lowest BCUT2D eigenvalue weighted by Gasteiger charge is -2.22. The summed E-state index contributed by atoms with van der Waals surface area (Å²) < 4.78 is 7.62. The highest BCUT2D eigenvalue weighted by molar-refractivity contribution is 6.00. The first kappa shape index (κ1) is 15.4. The zero-order valence-corrected chi connectivity index (χ0v) is 13.3. The number of aliphatic imine (C=N–C) groups is 2. The van der Waals surface area contributed by atoms with E-state index in [1.807, 2.05) is 30.1 Å². The summed E-state index contributed by atoms with van der Waals surface area (Å²) in [5, 5.41) is 4.41. The van der Waals surface area contributed by atoms with Crippen LogP contribution in [0.25, 0.3) is 0 Å². The fourth-order valence-corrected chi connectivity index (χ4v) is 2.62. The molecule has 1 saturated heterocycles. The Labute approximate surface area is 135 Å². The van der Waals surface area contributed by atoms with Crippen molar-refractivity contribution in [2.75, 3.05) is 12.3 Å². The quantitative estimate of drug-likeness (QED) is 0.691. The standard InChI is InChI=1S/C17H21N5O/c1-12(21-16-9-14(18)6-7-15(16)19-2)13-10-20-22(11-13)17-5-3-4-8-23-17/h6-7,9-11,17H,2-5,8,18H2,1H3. The SMILES string of the molecule is C=Nc1ccc(N)cc1N=C(C)c1cnn(C2CCCCO2)c1. The molecule has 6 nitrogen and oxygen atoms in total. The highest BCUT2D eigenvalue weighted by Gasteiger charge is 2.17. The Hall–Kier alpha value is -2.47. The number of nitrogens with two attached hydrogens (primary N) is 1. The number of benzene rings is 1. The highest BCUT2D eigenvalue weighted by atomic mass is 16.5. The number of rotatable bonds is 4. The first-order valence-electron chi connectivity index (χ1n) is 7.75. The van der Waals surface area contributed by atoms with Gasteiger partial charge in [0.1, 0.15) is 6.23 Å². The van der Waals surface area contributed by atoms with Gasteiger partial charge < -0.3 is 10.5 Å². The van der Waals surface area contributed by atoms with Gasteiger partial charge in [-0.25, -0.2) is 4.68 Å². The van der Waals surface area contributed by atoms with Crippen LogP contribution in [0.5, 0.6) is 0 Å². The van der Waals surface area contributed by atoms with E-state index in [2.05, 4.69) is 21.8 Å². The molecule has 120 valence electrons. The van der Waals surface area contributed by atoms with Crippen molar-refractivity contribution < 1.29 is 4.74 Å². The molecular formula is C17H21N5O. The second-order valence-corrected chi connectivity index (χ2v) is 5.63. The maximum Gasteiger partial charge on any atom is 0.150 e. The van der Waals surface area contributed by atoms with Crippen LogP contribution in [-0.4, -0.2) is 28.8 Å². The molecule has 1 atom stereocenters. The predicted octanol–water partition coefficient (Wildman–Crippen LogP) is 3.64. The van der Waals surface area contributed by atoms with Gasteiger partial charge >= 0.3 is 0 Å². The Morgan fingerprint density at radius 2 is 2.26 bits per heavy atom. The Morgan fingerprint density at radius 3 is 3.00 bits per heavy atom. The van der Waals surface area contributed by atoms with E-state index in [0.717, 1.165) is 30.7 Å². The summed E-state index contributed by atoms with van der Waals surface area (Å²) in [4.78, 5) is 8.61. The summed E-state index contributed by atoms with van der Waals surface area (Å²) in [6, 6.07) is 5.40. The average Bonchev–Trinajstić information content (AvgIpc) is 3.06. The predicted molar refractivity (Wildman–Crippen MR) is 93.0 cm³/mol. The monoisotopic (exact) mass is 311 g/mol. The molecule has 6 heteroatoms. The molecule has 23 heavy (non-hydrogen) atoms. The van der Waals surface area contributed by atoms with Crippen LogP contribution in [0.15, 0.2) is 40.6 Å². The molecule has 1 aliphatic heterocycles. The smallest absolute Gasteiger partial charge is 0.150 e. The van der Waals surface area contributed by atoms with E-state index in [0.29, 0.717) is 17.1 Å². The summed E-state index contributed by atoms with van der Waals surface area (Å²) in [6.45, 7) is 6.31. The number of hydrogen-bond donors (Lipinski definition) is 1. The third kappa shape index (κ3) is 3.48. The van der Waals surface area contributed by atoms with Crippen LogP contribution in [0.4, 0.5) is 17.1 Å². The summed E-state index contributed by atoms with van der Waals surface area (Å²) in [5.41, 5.74) is 9.70. The van der Waals surface area contributed by atoms with Crippen molar-refractivity contribution in [2.24, 2.45) is 9.98 Å². The molecule has 2 aromatic rings. The maximum atomic E-state index is 5.83. The van der Waals surface area contributed by atoms with E-state index >= 15 is 0 Å². The molecule has 0 spiro atoms. The Morgan fingerprint density at radius 1 is 1.39 bits per heavy atom. The van der Waals surface area contributed by atoms with Crippen LogP contribution in [0.3, 0.4) is 0 Å². The maximum absolute atomic E-state index is 5.83. The van der Waals surface area contributed by atoms with E-state index < -0.39 is 0 Å². The van der Waals surface area contributed by atoms with Gasteiger partial charge in [-0.15, -0.1) is 0 Å². The number of anilines is 1. The molecule has 0 amide bonds. The summed E-state index contributed by atoms with van der Waals surface area (Å²) in [7, 11) is 0. The normalized spacial score (nSPS) is 18.8. The van der Waals surface area contributed by atoms with Crippen molar-refractivity contribution in [3.05, 3.63) is 36.2 Å². The number of ether oxygens (including phenoxy) is 1. The first-order valence-corrected chi connectivity index (χ1v) is 7.75. The largest absolute Gasteiger partial charge is 0.399 e. The van der Waals surface area contributed by atoms with Gasteiger partial charge in [0.2, 0.25) is 0 Å². The number of hydrogen-bond acceptors (Lipinski definition) is 5. The lowest BCUT2D eigenvalue weighted by molar-refractivity contribution is -0.0394. The van der Waals surface area contributed by atoms with Crippen LogP contribution >= 0.6 is 0 Å². The summed E-state index contributed by atoms with van der Waals surface area (Å²) in [6.07, 6.45) is 7.11. The summed E-state index contributed by atoms with van der Waals surface area (Å²) in [5.74, 6) is 0. The molecule has 0 bridgehead atoms. The molecule has 1 aromatic heterocycles. The summed E-state index contributed by atoms with van der Waals surface area (Å²) >= 11 is 0. The van der Waals surface area contributed by atoms with Crippen molar-refractivity contribution in [1.82, 2.24) is 9.78 Å². The lowest BCUT2D eigenvalue weighted by atomic mass is 10.2. The van der Waals surface area contributed by atoms with Gasteiger partial charge in [0.05, 0.1) is 17.6 Å². The van der Waals surface area contributed by atoms with Gasteiger partial charge in [0, 0.05) is 29.8 Å². The van der Waals surface area contributed by atoms with Gasteiger partial charge in [-0.2, -0.15) is 5.10 Å². The molecule has 1 aromatic carbocycles. The number of nitrogens with zero attached hydrogens (tertiary/aromatic N) is 4. The van der Waals surface area contributed by atoms with Crippen LogP contribution in [0.1, 0.15) is 38.0 Å². The molecule has 1 unspecified atom stereocenters. The van der Waals surface area contributed by atoms with Crippen molar-refractivity contribution >= 4 is 29.5 Å². The molecule has 1 fully saturated rings. The first-order chi connectivity index (χ1) is 11.2. The zero-order valence-electron chi connectivity index (χ0n) is 13.3. The van der Waals surface area contributed by atoms with E-state index in [4.69, 9.17) is 10.5 Å². The highest BCUT2D eigenvalue weighted by Crippen LogP contribution is 2.30. The third-order valence-corrected chi connectivity index (χ3v) is 3.93. The fourth-order valence-electron chi connectivity index (χ4n) is 2.62. The minimum absolute atomic E-state index is 0.0306. The van der Waals surface area contributed by atoms with Crippen LogP contribution in [0, 0.1) is 0 Å². The van der Waals surface area contributed by atoms with Crippen molar-refractivity contribution in [2.45, 2.75) is 32.4 Å². The number of aromatic nitrogens is 2. The number of nitrogen functional groups attached to an aromatic ring is 1. The molecule has 1 aliphatic rings. The molecular weight excluding hydrogens is 290 g/mol. The third-order valence-electron chi connectivity index (χ3n) is 3.93. The molecule has 0 aliphatic carbocycles. The topological polar surface area (TPSA) is 77.8 Å². The van der Waals surface area contributed by atoms with Gasteiger partial charge in [0.25, 0.3) is 0 Å². The van der Waals surface area contributed by atoms with E-state index in [-0.39, 0.29) is 6.23 Å². The lowest BCUT2D eigenvalue weighted by Crippen LogP contribution is -2.18. The van der Waals surface area contributed by atoms with Gasteiger partial charge in [-0.1, -0.05) is 0 Å². The second kappa shape index (κ2) is 6.75. The van der Waals surface area contributed by atoms with Crippen molar-refractivity contribution in [3.8, 4) is 0 Å². The van der Waals surface area contributed by atoms with Gasteiger partial charge in [-0.3, -0.25) is 9.98 Å². The van der Waals surface area contributed by atoms with E-state index in [1.165, 1.54) is 6.42 Å².